The first-order valence-corrected chi connectivity index (χ1v) is 7.76. The zero-order valence-corrected chi connectivity index (χ0v) is 13.0. The summed E-state index contributed by atoms with van der Waals surface area (Å²) in [7, 11) is 2.03. The molecular formula is C13H20N6S. The van der Waals surface area contributed by atoms with Crippen LogP contribution in [0.1, 0.15) is 17.3 Å². The lowest BCUT2D eigenvalue weighted by Crippen LogP contribution is -2.46. The predicted octanol–water partition coefficient (Wildman–Crippen LogP) is 1.21. The molecule has 3 heterocycles. The van der Waals surface area contributed by atoms with E-state index < -0.39 is 0 Å². The number of aryl methyl sites for hydroxylation is 2. The SMILES string of the molecule is Cc1csc(N2CCN(Cc3nnc(C)n3C)CC2)n1. The third-order valence-electron chi connectivity index (χ3n) is 3.80. The van der Waals surface area contributed by atoms with E-state index in [0.29, 0.717) is 0 Å². The van der Waals surface area contributed by atoms with Crippen LogP contribution in [0.3, 0.4) is 0 Å². The second-order valence-corrected chi connectivity index (χ2v) is 6.09. The second-order valence-electron chi connectivity index (χ2n) is 5.26. The van der Waals surface area contributed by atoms with Crippen LogP contribution in [-0.4, -0.2) is 50.8 Å². The van der Waals surface area contributed by atoms with Gasteiger partial charge >= 0.3 is 0 Å². The Kier molecular flexibility index (Phi) is 3.71. The molecule has 20 heavy (non-hydrogen) atoms. The van der Waals surface area contributed by atoms with Crippen molar-refractivity contribution in [3.8, 4) is 0 Å². The minimum Gasteiger partial charge on any atom is -0.346 e. The first kappa shape index (κ1) is 13.5. The summed E-state index contributed by atoms with van der Waals surface area (Å²) in [5.74, 6) is 2.01. The van der Waals surface area contributed by atoms with Crippen molar-refractivity contribution in [2.75, 3.05) is 31.1 Å². The Hall–Kier alpha value is -1.47. The lowest BCUT2D eigenvalue weighted by atomic mass is 10.3. The van der Waals surface area contributed by atoms with Crippen molar-refractivity contribution >= 4 is 16.5 Å². The van der Waals surface area contributed by atoms with Crippen LogP contribution >= 0.6 is 11.3 Å². The molecule has 0 aromatic carbocycles. The highest BCUT2D eigenvalue weighted by molar-refractivity contribution is 7.13. The summed E-state index contributed by atoms with van der Waals surface area (Å²) in [5, 5.41) is 11.6. The van der Waals surface area contributed by atoms with Gasteiger partial charge in [-0.25, -0.2) is 4.98 Å². The third-order valence-corrected chi connectivity index (χ3v) is 4.82. The predicted molar refractivity (Wildman–Crippen MR) is 80.1 cm³/mol. The highest BCUT2D eigenvalue weighted by atomic mass is 32.1. The Morgan fingerprint density at radius 2 is 1.90 bits per heavy atom. The van der Waals surface area contributed by atoms with Crippen molar-refractivity contribution in [2.45, 2.75) is 20.4 Å². The molecule has 0 spiro atoms. The van der Waals surface area contributed by atoms with E-state index in [0.717, 1.165) is 55.2 Å². The molecule has 6 nitrogen and oxygen atoms in total. The van der Waals surface area contributed by atoms with E-state index >= 15 is 0 Å². The Balaban J connectivity index is 1.57. The Morgan fingerprint density at radius 3 is 2.45 bits per heavy atom. The molecule has 1 aliphatic rings. The van der Waals surface area contributed by atoms with Gasteiger partial charge in [-0.1, -0.05) is 0 Å². The molecule has 108 valence electrons. The van der Waals surface area contributed by atoms with Crippen molar-refractivity contribution in [2.24, 2.45) is 7.05 Å². The minimum absolute atomic E-state index is 0.877. The van der Waals surface area contributed by atoms with Crippen LogP contribution in [0.2, 0.25) is 0 Å². The van der Waals surface area contributed by atoms with Crippen molar-refractivity contribution in [1.29, 1.82) is 0 Å². The Morgan fingerprint density at radius 1 is 1.15 bits per heavy atom. The molecular weight excluding hydrogens is 272 g/mol. The Bertz CT molecular complexity index is 581. The summed E-state index contributed by atoms with van der Waals surface area (Å²) in [5.41, 5.74) is 1.11. The van der Waals surface area contributed by atoms with Gasteiger partial charge in [-0.2, -0.15) is 0 Å². The molecule has 0 aliphatic carbocycles. The van der Waals surface area contributed by atoms with Gasteiger partial charge < -0.3 is 9.47 Å². The number of rotatable bonds is 3. The van der Waals surface area contributed by atoms with Gasteiger partial charge in [0.05, 0.1) is 12.2 Å². The number of nitrogens with zero attached hydrogens (tertiary/aromatic N) is 6. The number of piperazine rings is 1. The summed E-state index contributed by atoms with van der Waals surface area (Å²) in [6.07, 6.45) is 0. The summed E-state index contributed by atoms with van der Waals surface area (Å²) in [6, 6.07) is 0. The van der Waals surface area contributed by atoms with E-state index in [2.05, 4.69) is 34.9 Å². The van der Waals surface area contributed by atoms with Crippen LogP contribution in [0.5, 0.6) is 0 Å². The lowest BCUT2D eigenvalue weighted by Gasteiger charge is -2.34. The first-order valence-electron chi connectivity index (χ1n) is 6.88. The van der Waals surface area contributed by atoms with Crippen LogP contribution in [0.4, 0.5) is 5.13 Å². The van der Waals surface area contributed by atoms with Crippen LogP contribution in [0.25, 0.3) is 0 Å². The number of hydrogen-bond donors (Lipinski definition) is 0. The molecule has 3 rings (SSSR count). The smallest absolute Gasteiger partial charge is 0.185 e. The average Bonchev–Trinajstić information content (AvgIpc) is 3.01. The molecule has 2 aromatic heterocycles. The maximum Gasteiger partial charge on any atom is 0.185 e. The summed E-state index contributed by atoms with van der Waals surface area (Å²) < 4.78 is 2.07. The minimum atomic E-state index is 0.877. The first-order chi connectivity index (χ1) is 9.63. The second kappa shape index (κ2) is 5.49. The maximum atomic E-state index is 4.56. The highest BCUT2D eigenvalue weighted by Gasteiger charge is 2.20. The van der Waals surface area contributed by atoms with Gasteiger partial charge in [0, 0.05) is 38.6 Å². The largest absolute Gasteiger partial charge is 0.346 e. The number of anilines is 1. The van der Waals surface area contributed by atoms with Gasteiger partial charge in [0.1, 0.15) is 11.6 Å². The van der Waals surface area contributed by atoms with Gasteiger partial charge in [-0.15, -0.1) is 21.5 Å². The molecule has 0 bridgehead atoms. The zero-order chi connectivity index (χ0) is 14.1. The quantitative estimate of drug-likeness (QED) is 0.851. The standard InChI is InChI=1S/C13H20N6S/c1-10-9-20-13(14-10)19-6-4-18(5-7-19)8-12-16-15-11(2)17(12)3/h9H,4-8H2,1-3H3. The molecule has 1 fully saturated rings. The lowest BCUT2D eigenvalue weighted by molar-refractivity contribution is 0.241. The molecule has 0 amide bonds. The summed E-state index contributed by atoms with van der Waals surface area (Å²) in [4.78, 5) is 9.36. The molecule has 0 radical (unpaired) electrons. The Labute approximate surface area is 123 Å². The molecule has 7 heteroatoms. The number of hydrogen-bond acceptors (Lipinski definition) is 6. The molecule has 0 N–H and O–H groups in total. The van der Waals surface area contributed by atoms with Crippen LogP contribution < -0.4 is 4.90 Å². The monoisotopic (exact) mass is 292 g/mol. The molecule has 0 unspecified atom stereocenters. The van der Waals surface area contributed by atoms with Gasteiger partial charge in [0.25, 0.3) is 0 Å². The van der Waals surface area contributed by atoms with E-state index in [4.69, 9.17) is 0 Å². The van der Waals surface area contributed by atoms with Gasteiger partial charge in [-0.3, -0.25) is 4.90 Å². The van der Waals surface area contributed by atoms with Crippen molar-refractivity contribution in [3.05, 3.63) is 22.7 Å². The topological polar surface area (TPSA) is 50.1 Å². The molecule has 1 saturated heterocycles. The number of aromatic nitrogens is 4. The highest BCUT2D eigenvalue weighted by Crippen LogP contribution is 2.21. The third kappa shape index (κ3) is 2.69. The van der Waals surface area contributed by atoms with Crippen molar-refractivity contribution < 1.29 is 0 Å². The van der Waals surface area contributed by atoms with Gasteiger partial charge in [0.2, 0.25) is 0 Å². The fourth-order valence-corrected chi connectivity index (χ4v) is 3.23. The van der Waals surface area contributed by atoms with Gasteiger partial charge in [-0.05, 0) is 13.8 Å². The molecule has 0 saturated carbocycles. The average molecular weight is 292 g/mol. The zero-order valence-electron chi connectivity index (χ0n) is 12.2. The van der Waals surface area contributed by atoms with E-state index in [1.54, 1.807) is 11.3 Å². The van der Waals surface area contributed by atoms with Gasteiger partial charge in [0.15, 0.2) is 5.13 Å². The number of thiazole rings is 1. The fraction of sp³-hybridized carbons (Fsp3) is 0.615. The molecule has 1 aliphatic heterocycles. The van der Waals surface area contributed by atoms with Crippen LogP contribution in [0.15, 0.2) is 5.38 Å². The van der Waals surface area contributed by atoms with E-state index in [1.165, 1.54) is 0 Å². The van der Waals surface area contributed by atoms with Crippen molar-refractivity contribution in [3.63, 3.8) is 0 Å². The van der Waals surface area contributed by atoms with Crippen molar-refractivity contribution in [1.82, 2.24) is 24.6 Å². The normalized spacial score (nSPS) is 16.9. The van der Waals surface area contributed by atoms with E-state index in [-0.39, 0.29) is 0 Å². The van der Waals surface area contributed by atoms with Crippen LogP contribution in [-0.2, 0) is 13.6 Å². The fourth-order valence-electron chi connectivity index (χ4n) is 2.37. The van der Waals surface area contributed by atoms with E-state index in [1.807, 2.05) is 20.9 Å². The summed E-state index contributed by atoms with van der Waals surface area (Å²) in [6.45, 7) is 9.07. The molecule has 2 aromatic rings. The summed E-state index contributed by atoms with van der Waals surface area (Å²) >= 11 is 1.74. The van der Waals surface area contributed by atoms with E-state index in [9.17, 15) is 0 Å². The maximum absolute atomic E-state index is 4.56. The molecule has 0 atom stereocenters. The van der Waals surface area contributed by atoms with Crippen LogP contribution in [0, 0.1) is 13.8 Å².